The van der Waals surface area contributed by atoms with Crippen LogP contribution in [-0.2, 0) is 11.3 Å². The molecule has 0 N–H and O–H groups in total. The minimum atomic E-state index is 0.0690. The Bertz CT molecular complexity index is 1190. The van der Waals surface area contributed by atoms with Gasteiger partial charge in [0.25, 0.3) is 0 Å². The number of anilines is 1. The SMILES string of the molecule is CCOc1cccc2sc(N(CCn3cccn3)C(=O)CCCSc3ccc(OC)cc3)nc12. The lowest BCUT2D eigenvalue weighted by Gasteiger charge is -2.20. The Hall–Kier alpha value is -3.04. The second kappa shape index (κ2) is 11.9. The summed E-state index contributed by atoms with van der Waals surface area (Å²) in [5.41, 5.74) is 0.802. The third kappa shape index (κ3) is 6.09. The van der Waals surface area contributed by atoms with Gasteiger partial charge in [-0.05, 0) is 61.6 Å². The van der Waals surface area contributed by atoms with Crippen LogP contribution in [0.3, 0.4) is 0 Å². The highest BCUT2D eigenvalue weighted by Gasteiger charge is 2.21. The van der Waals surface area contributed by atoms with Gasteiger partial charge in [0.1, 0.15) is 17.0 Å². The minimum absolute atomic E-state index is 0.0690. The van der Waals surface area contributed by atoms with E-state index in [0.29, 0.717) is 31.2 Å². The topological polar surface area (TPSA) is 69.5 Å². The molecule has 178 valence electrons. The molecular weight excluding hydrogens is 468 g/mol. The van der Waals surface area contributed by atoms with Crippen molar-refractivity contribution in [1.82, 2.24) is 14.8 Å². The zero-order valence-corrected chi connectivity index (χ0v) is 21.0. The number of methoxy groups -OCH3 is 1. The van der Waals surface area contributed by atoms with E-state index >= 15 is 0 Å². The summed E-state index contributed by atoms with van der Waals surface area (Å²) in [7, 11) is 1.66. The summed E-state index contributed by atoms with van der Waals surface area (Å²) in [5.74, 6) is 2.52. The molecule has 7 nitrogen and oxygen atoms in total. The van der Waals surface area contributed by atoms with Gasteiger partial charge in [0.15, 0.2) is 5.13 Å². The van der Waals surface area contributed by atoms with Crippen LogP contribution in [0.4, 0.5) is 5.13 Å². The molecule has 0 atom stereocenters. The second-order valence-corrected chi connectivity index (χ2v) is 9.65. The molecule has 0 radical (unpaired) electrons. The average molecular weight is 497 g/mol. The van der Waals surface area contributed by atoms with Gasteiger partial charge in [-0.25, -0.2) is 4.98 Å². The van der Waals surface area contributed by atoms with Gasteiger partial charge in [-0.1, -0.05) is 17.4 Å². The molecule has 0 fully saturated rings. The zero-order valence-electron chi connectivity index (χ0n) is 19.3. The summed E-state index contributed by atoms with van der Waals surface area (Å²) in [4.78, 5) is 21.0. The fraction of sp³-hybridized carbons (Fsp3) is 0.320. The molecule has 0 saturated carbocycles. The molecule has 0 bridgehead atoms. The average Bonchev–Trinajstić information content (AvgIpc) is 3.53. The Kier molecular flexibility index (Phi) is 8.43. The van der Waals surface area contributed by atoms with E-state index in [1.165, 1.54) is 16.2 Å². The Morgan fingerprint density at radius 1 is 1.18 bits per heavy atom. The largest absolute Gasteiger partial charge is 0.497 e. The number of nitrogens with zero attached hydrogens (tertiary/aromatic N) is 4. The van der Waals surface area contributed by atoms with Gasteiger partial charge in [0.05, 0.1) is 25.0 Å². The first-order valence-corrected chi connectivity index (χ1v) is 13.0. The number of ether oxygens (including phenoxy) is 2. The molecule has 2 heterocycles. The number of para-hydroxylation sites is 1. The maximum absolute atomic E-state index is 13.3. The van der Waals surface area contributed by atoms with Crippen molar-refractivity contribution in [3.05, 3.63) is 60.9 Å². The van der Waals surface area contributed by atoms with Crippen LogP contribution < -0.4 is 14.4 Å². The Morgan fingerprint density at radius 3 is 2.76 bits per heavy atom. The monoisotopic (exact) mass is 496 g/mol. The molecule has 4 rings (SSSR count). The smallest absolute Gasteiger partial charge is 0.228 e. The van der Waals surface area contributed by atoms with Gasteiger partial charge in [-0.3, -0.25) is 14.4 Å². The molecule has 0 unspecified atom stereocenters. The summed E-state index contributed by atoms with van der Waals surface area (Å²) < 4.78 is 13.8. The zero-order chi connectivity index (χ0) is 23.8. The lowest BCUT2D eigenvalue weighted by molar-refractivity contribution is -0.118. The molecule has 1 amide bonds. The van der Waals surface area contributed by atoms with Crippen LogP contribution in [0.1, 0.15) is 19.8 Å². The summed E-state index contributed by atoms with van der Waals surface area (Å²) in [6, 6.07) is 15.8. The fourth-order valence-corrected chi connectivity index (χ4v) is 5.36. The Morgan fingerprint density at radius 2 is 2.03 bits per heavy atom. The maximum atomic E-state index is 13.3. The van der Waals surface area contributed by atoms with Gasteiger partial charge in [0, 0.05) is 30.3 Å². The quantitative estimate of drug-likeness (QED) is 0.190. The number of thioether (sulfide) groups is 1. The molecule has 0 aliphatic heterocycles. The molecule has 0 saturated heterocycles. The highest BCUT2D eigenvalue weighted by molar-refractivity contribution is 7.99. The Labute approximate surface area is 207 Å². The van der Waals surface area contributed by atoms with Gasteiger partial charge < -0.3 is 9.47 Å². The lowest BCUT2D eigenvalue weighted by atomic mass is 10.3. The molecular formula is C25H28N4O3S2. The van der Waals surface area contributed by atoms with Crippen LogP contribution in [-0.4, -0.2) is 46.7 Å². The number of hydrogen-bond acceptors (Lipinski definition) is 7. The fourth-order valence-electron chi connectivity index (χ4n) is 3.48. The normalized spacial score (nSPS) is 11.0. The van der Waals surface area contributed by atoms with Crippen molar-refractivity contribution in [1.29, 1.82) is 0 Å². The number of carbonyl (C=O) groups excluding carboxylic acids is 1. The van der Waals surface area contributed by atoms with Crippen molar-refractivity contribution in [2.75, 3.05) is 30.9 Å². The van der Waals surface area contributed by atoms with Crippen molar-refractivity contribution in [2.45, 2.75) is 31.2 Å². The van der Waals surface area contributed by atoms with Crippen LogP contribution in [0.5, 0.6) is 11.5 Å². The lowest BCUT2D eigenvalue weighted by Crippen LogP contribution is -2.34. The van der Waals surface area contributed by atoms with E-state index in [-0.39, 0.29) is 5.91 Å². The van der Waals surface area contributed by atoms with Crippen LogP contribution in [0, 0.1) is 0 Å². The van der Waals surface area contributed by atoms with E-state index in [1.807, 2.05) is 66.3 Å². The Balaban J connectivity index is 1.43. The first-order valence-electron chi connectivity index (χ1n) is 11.2. The van der Waals surface area contributed by atoms with E-state index in [0.717, 1.165) is 33.9 Å². The number of aromatic nitrogens is 3. The third-order valence-electron chi connectivity index (χ3n) is 5.18. The number of benzene rings is 2. The number of hydrogen-bond donors (Lipinski definition) is 0. The first-order chi connectivity index (χ1) is 16.7. The molecule has 0 aliphatic carbocycles. The van der Waals surface area contributed by atoms with E-state index in [2.05, 4.69) is 5.10 Å². The van der Waals surface area contributed by atoms with Crippen LogP contribution in [0.15, 0.2) is 65.8 Å². The molecule has 0 aliphatic rings. The molecule has 2 aromatic heterocycles. The van der Waals surface area contributed by atoms with Crippen molar-refractivity contribution in [3.8, 4) is 11.5 Å². The van der Waals surface area contributed by atoms with E-state index < -0.39 is 0 Å². The minimum Gasteiger partial charge on any atom is -0.497 e. The third-order valence-corrected chi connectivity index (χ3v) is 7.32. The molecule has 2 aromatic carbocycles. The van der Waals surface area contributed by atoms with E-state index in [4.69, 9.17) is 14.5 Å². The number of amides is 1. The highest BCUT2D eigenvalue weighted by atomic mass is 32.2. The van der Waals surface area contributed by atoms with Crippen LogP contribution >= 0.6 is 23.1 Å². The van der Waals surface area contributed by atoms with Crippen LogP contribution in [0.2, 0.25) is 0 Å². The molecule has 4 aromatic rings. The maximum Gasteiger partial charge on any atom is 0.228 e. The number of carbonyl (C=O) groups is 1. The molecule has 0 spiro atoms. The predicted molar refractivity (Wildman–Crippen MR) is 138 cm³/mol. The van der Waals surface area contributed by atoms with Gasteiger partial charge in [-0.15, -0.1) is 11.8 Å². The summed E-state index contributed by atoms with van der Waals surface area (Å²) in [6.07, 6.45) is 4.88. The first kappa shape index (κ1) is 24.1. The van der Waals surface area contributed by atoms with E-state index in [9.17, 15) is 4.79 Å². The van der Waals surface area contributed by atoms with Crippen molar-refractivity contribution < 1.29 is 14.3 Å². The van der Waals surface area contributed by atoms with Gasteiger partial charge >= 0.3 is 0 Å². The number of fused-ring (bicyclic) bond motifs is 1. The second-order valence-electron chi connectivity index (χ2n) is 7.47. The van der Waals surface area contributed by atoms with Crippen molar-refractivity contribution >= 4 is 44.4 Å². The molecule has 9 heteroatoms. The number of thiazole rings is 1. The summed E-state index contributed by atoms with van der Waals surface area (Å²) >= 11 is 3.26. The van der Waals surface area contributed by atoms with Gasteiger partial charge in [-0.2, -0.15) is 5.10 Å². The van der Waals surface area contributed by atoms with Gasteiger partial charge in [0.2, 0.25) is 5.91 Å². The highest BCUT2D eigenvalue weighted by Crippen LogP contribution is 2.34. The number of rotatable bonds is 12. The summed E-state index contributed by atoms with van der Waals surface area (Å²) in [6.45, 7) is 3.64. The standard InChI is InChI=1S/C25H28N4O3S2/c1-3-32-21-7-4-8-22-24(21)27-25(34-22)29(17-16-28-15-6-14-26-28)23(30)9-5-18-33-20-12-10-19(31-2)11-13-20/h4,6-8,10-15H,3,5,9,16-18H2,1-2H3. The van der Waals surface area contributed by atoms with E-state index in [1.54, 1.807) is 30.0 Å². The van der Waals surface area contributed by atoms with Crippen molar-refractivity contribution in [2.24, 2.45) is 0 Å². The van der Waals surface area contributed by atoms with Crippen molar-refractivity contribution in [3.63, 3.8) is 0 Å². The predicted octanol–water partition coefficient (Wildman–Crippen LogP) is 5.51. The van der Waals surface area contributed by atoms with Crippen LogP contribution in [0.25, 0.3) is 10.2 Å². The molecule has 34 heavy (non-hydrogen) atoms. The summed E-state index contributed by atoms with van der Waals surface area (Å²) in [5, 5.41) is 4.97.